The van der Waals surface area contributed by atoms with Crippen LogP contribution in [0.4, 0.5) is 4.39 Å². The molecule has 0 spiro atoms. The monoisotopic (exact) mass is 510 g/mol. The van der Waals surface area contributed by atoms with Gasteiger partial charge in [0.15, 0.2) is 11.6 Å². The number of ketones is 1. The Morgan fingerprint density at radius 3 is 2.76 bits per heavy atom. The number of aromatic nitrogens is 3. The van der Waals surface area contributed by atoms with E-state index in [-0.39, 0.29) is 36.1 Å². The molecule has 0 amide bonds. The van der Waals surface area contributed by atoms with Gasteiger partial charge in [-0.2, -0.15) is 0 Å². The van der Waals surface area contributed by atoms with Crippen LogP contribution in [0, 0.1) is 17.7 Å². The fourth-order valence-electron chi connectivity index (χ4n) is 6.14. The molecule has 0 unspecified atom stereocenters. The molecule has 37 heavy (non-hydrogen) atoms. The number of aryl methyl sites for hydroxylation is 1. The molecule has 2 N–H and O–H groups in total. The molecule has 2 aromatic heterocycles. The minimum atomic E-state index is -0.866. The Hall–Kier alpha value is -3.07. The number of aromatic amines is 1. The molecule has 2 fully saturated rings. The van der Waals surface area contributed by atoms with Gasteiger partial charge >= 0.3 is 5.97 Å². The highest BCUT2D eigenvalue weighted by Crippen LogP contribution is 2.40. The highest BCUT2D eigenvalue weighted by Gasteiger charge is 2.34. The molecule has 0 bridgehead atoms. The Kier molecular flexibility index (Phi) is 7.42. The summed E-state index contributed by atoms with van der Waals surface area (Å²) < 4.78 is 20.7. The maximum absolute atomic E-state index is 15.7. The lowest BCUT2D eigenvalue weighted by Gasteiger charge is -2.31. The Balaban J connectivity index is 1.44. The van der Waals surface area contributed by atoms with E-state index in [4.69, 9.17) is 9.51 Å². The zero-order valence-corrected chi connectivity index (χ0v) is 21.5. The molecule has 9 heteroatoms. The van der Waals surface area contributed by atoms with Crippen molar-refractivity contribution in [3.05, 3.63) is 46.9 Å². The van der Waals surface area contributed by atoms with Crippen LogP contribution in [0.15, 0.2) is 22.9 Å². The largest absolute Gasteiger partial charge is 0.480 e. The molecule has 1 aromatic carbocycles. The summed E-state index contributed by atoms with van der Waals surface area (Å²) >= 11 is 0. The number of carboxylic acid groups (broad SMARTS) is 1. The predicted molar refractivity (Wildman–Crippen MR) is 136 cm³/mol. The second-order valence-electron chi connectivity index (χ2n) is 10.8. The minimum Gasteiger partial charge on any atom is -0.480 e. The first-order valence-corrected chi connectivity index (χ1v) is 13.5. The first-order valence-electron chi connectivity index (χ1n) is 13.5. The predicted octanol–water partition coefficient (Wildman–Crippen LogP) is 5.48. The van der Waals surface area contributed by atoms with E-state index in [2.05, 4.69) is 17.1 Å². The molecule has 1 saturated heterocycles. The molecule has 2 aliphatic rings. The van der Waals surface area contributed by atoms with Gasteiger partial charge in [0.25, 0.3) is 0 Å². The minimum absolute atomic E-state index is 0.0305. The van der Waals surface area contributed by atoms with Crippen molar-refractivity contribution in [3.63, 3.8) is 0 Å². The Bertz CT molecular complexity index is 1280. The highest BCUT2D eigenvalue weighted by molar-refractivity contribution is 5.97. The number of carbonyl (C=O) groups is 2. The zero-order chi connectivity index (χ0) is 26.1. The number of hydrogen-bond donors (Lipinski definition) is 2. The van der Waals surface area contributed by atoms with E-state index < -0.39 is 17.8 Å². The second kappa shape index (κ2) is 10.7. The zero-order valence-electron chi connectivity index (χ0n) is 21.5. The van der Waals surface area contributed by atoms with Crippen LogP contribution in [0.1, 0.15) is 92.2 Å². The maximum atomic E-state index is 15.7. The smallest absolute Gasteiger partial charge is 0.320 e. The normalized spacial score (nSPS) is 23.5. The number of halogens is 1. The van der Waals surface area contributed by atoms with Gasteiger partial charge in [-0.3, -0.25) is 14.5 Å². The van der Waals surface area contributed by atoms with Crippen LogP contribution >= 0.6 is 0 Å². The number of carbonyl (C=O) groups excluding carboxylic acids is 1. The van der Waals surface area contributed by atoms with Crippen LogP contribution in [-0.2, 0) is 17.8 Å². The summed E-state index contributed by atoms with van der Waals surface area (Å²) in [6.07, 6.45) is 7.86. The first-order chi connectivity index (χ1) is 17.9. The summed E-state index contributed by atoms with van der Waals surface area (Å²) in [4.78, 5) is 34.7. The van der Waals surface area contributed by atoms with Crippen LogP contribution in [0.5, 0.6) is 0 Å². The van der Waals surface area contributed by atoms with E-state index in [0.717, 1.165) is 32.1 Å². The summed E-state index contributed by atoms with van der Waals surface area (Å²) in [6.45, 7) is 5.06. The Labute approximate surface area is 215 Å². The molecule has 1 saturated carbocycles. The lowest BCUT2D eigenvalue weighted by Crippen LogP contribution is -2.35. The van der Waals surface area contributed by atoms with E-state index in [9.17, 15) is 14.7 Å². The van der Waals surface area contributed by atoms with E-state index in [1.54, 1.807) is 6.07 Å². The number of imidazole rings is 1. The number of Topliss-reactive ketones (excluding diaryl/α,β-unsaturated/α-hetero) is 1. The van der Waals surface area contributed by atoms with Crippen LogP contribution < -0.4 is 0 Å². The Morgan fingerprint density at radius 2 is 2.03 bits per heavy atom. The quantitative estimate of drug-likeness (QED) is 0.366. The topological polar surface area (TPSA) is 112 Å². The van der Waals surface area contributed by atoms with Gasteiger partial charge in [-0.1, -0.05) is 37.9 Å². The third kappa shape index (κ3) is 5.19. The third-order valence-corrected chi connectivity index (χ3v) is 8.38. The van der Waals surface area contributed by atoms with Gasteiger partial charge in [-0.25, -0.2) is 9.37 Å². The average Bonchev–Trinajstić information content (AvgIpc) is 3.64. The molecule has 198 valence electrons. The molecule has 0 radical (unpaired) electrons. The fraction of sp³-hybridized carbons (Fsp3) is 0.571. The number of benzene rings is 1. The van der Waals surface area contributed by atoms with E-state index >= 15 is 4.39 Å². The number of rotatable bonds is 9. The molecular weight excluding hydrogens is 475 g/mol. The maximum Gasteiger partial charge on any atom is 0.320 e. The number of fused-ring (bicyclic) bond motifs is 1. The van der Waals surface area contributed by atoms with Crippen LogP contribution in [0.25, 0.3) is 11.0 Å². The van der Waals surface area contributed by atoms with Gasteiger partial charge in [-0.05, 0) is 56.6 Å². The van der Waals surface area contributed by atoms with Crippen molar-refractivity contribution >= 4 is 22.8 Å². The van der Waals surface area contributed by atoms with Crippen molar-refractivity contribution in [2.45, 2.75) is 83.7 Å². The van der Waals surface area contributed by atoms with Crippen molar-refractivity contribution in [1.29, 1.82) is 0 Å². The summed E-state index contributed by atoms with van der Waals surface area (Å²) in [5.74, 6) is 0.0856. The van der Waals surface area contributed by atoms with Crippen molar-refractivity contribution in [2.75, 3.05) is 6.54 Å². The van der Waals surface area contributed by atoms with Crippen LogP contribution in [0.2, 0.25) is 0 Å². The van der Waals surface area contributed by atoms with Crippen molar-refractivity contribution < 1.29 is 23.6 Å². The molecule has 1 aliphatic heterocycles. The average molecular weight is 511 g/mol. The van der Waals surface area contributed by atoms with E-state index in [1.165, 1.54) is 6.26 Å². The van der Waals surface area contributed by atoms with Crippen molar-refractivity contribution in [1.82, 2.24) is 20.0 Å². The molecule has 5 rings (SSSR count). The molecule has 1 aliphatic carbocycles. The number of aliphatic carboxylic acids is 1. The second-order valence-corrected chi connectivity index (χ2v) is 10.8. The van der Waals surface area contributed by atoms with Gasteiger partial charge in [0.2, 0.25) is 0 Å². The van der Waals surface area contributed by atoms with Gasteiger partial charge in [0, 0.05) is 24.4 Å². The van der Waals surface area contributed by atoms with E-state index in [0.29, 0.717) is 53.5 Å². The molecule has 3 heterocycles. The summed E-state index contributed by atoms with van der Waals surface area (Å²) in [6, 6.07) is 2.94. The molecular formula is C28H35FN4O4. The number of nitrogens with zero attached hydrogens (tertiary/aromatic N) is 3. The summed E-state index contributed by atoms with van der Waals surface area (Å²) in [5.41, 5.74) is 2.45. The Morgan fingerprint density at radius 1 is 1.24 bits per heavy atom. The van der Waals surface area contributed by atoms with E-state index in [1.807, 2.05) is 17.9 Å². The fourth-order valence-corrected chi connectivity index (χ4v) is 6.14. The first kappa shape index (κ1) is 25.6. The van der Waals surface area contributed by atoms with Gasteiger partial charge in [0.05, 0.1) is 16.8 Å². The molecule has 8 nitrogen and oxygen atoms in total. The molecule has 3 aromatic rings. The summed E-state index contributed by atoms with van der Waals surface area (Å²) in [7, 11) is 0. The van der Waals surface area contributed by atoms with Crippen molar-refractivity contribution in [3.8, 4) is 0 Å². The SMILES string of the molecule is CCc1nocc1C(=O)C[C@H](c1nc2c(F)c(CN3CCC[C@H]3C(=O)O)ccc2[nH]1)C1CCC(C)CC1. The number of nitrogens with one attached hydrogen (secondary N) is 1. The highest BCUT2D eigenvalue weighted by atomic mass is 19.1. The standard InChI is InChI=1S/C28H35FN4O4/c1-3-21-20(15-37-32-21)24(34)13-19(17-8-6-16(2)7-9-17)27-30-22-11-10-18(25(29)26(22)31-27)14-33-12-4-5-23(33)28(35)36/h10-11,15-17,19,23H,3-9,12-14H2,1-2H3,(H,30,31)(H,35,36)/t16?,17?,19-,23-/m0/s1. The van der Waals surface area contributed by atoms with Gasteiger partial charge in [-0.15, -0.1) is 0 Å². The van der Waals surface area contributed by atoms with Crippen LogP contribution in [0.3, 0.4) is 0 Å². The number of hydrogen-bond acceptors (Lipinski definition) is 6. The van der Waals surface area contributed by atoms with Gasteiger partial charge in [0.1, 0.15) is 23.6 Å². The van der Waals surface area contributed by atoms with Crippen molar-refractivity contribution in [2.24, 2.45) is 11.8 Å². The lowest BCUT2D eigenvalue weighted by atomic mass is 9.74. The molecule has 2 atom stereocenters. The number of carboxylic acids is 1. The third-order valence-electron chi connectivity index (χ3n) is 8.38. The number of likely N-dealkylation sites (tertiary alicyclic amines) is 1. The summed E-state index contributed by atoms with van der Waals surface area (Å²) in [5, 5.41) is 13.5. The van der Waals surface area contributed by atoms with Crippen LogP contribution in [-0.4, -0.2) is 49.5 Å². The van der Waals surface area contributed by atoms with Gasteiger partial charge < -0.3 is 14.6 Å². The lowest BCUT2D eigenvalue weighted by molar-refractivity contribution is -0.142. The number of H-pyrrole nitrogens is 1.